The second-order valence-electron chi connectivity index (χ2n) is 5.63. The van der Waals surface area contributed by atoms with Gasteiger partial charge in [-0.2, -0.15) is 0 Å². The van der Waals surface area contributed by atoms with Gasteiger partial charge in [-0.05, 0) is 0 Å². The van der Waals surface area contributed by atoms with Gasteiger partial charge in [-0.25, -0.2) is 0 Å². The summed E-state index contributed by atoms with van der Waals surface area (Å²) in [6, 6.07) is 0. The average molecular weight is 290 g/mol. The molecule has 0 spiro atoms. The zero-order valence-corrected chi connectivity index (χ0v) is 13.7. The fourth-order valence-corrected chi connectivity index (χ4v) is 17.6. The zero-order valence-electron chi connectivity index (χ0n) is 10.8. The van der Waals surface area contributed by atoms with Crippen molar-refractivity contribution in [2.75, 3.05) is 12.3 Å². The molecule has 1 heterocycles. The van der Waals surface area contributed by atoms with Gasteiger partial charge in [0.1, 0.15) is 0 Å². The van der Waals surface area contributed by atoms with E-state index in [2.05, 4.69) is 42.1 Å². The summed E-state index contributed by atoms with van der Waals surface area (Å²) in [4.78, 5) is 0. The van der Waals surface area contributed by atoms with Crippen molar-refractivity contribution in [2.24, 2.45) is 11.8 Å². The summed E-state index contributed by atoms with van der Waals surface area (Å²) in [5.74, 6) is 3.15. The number of hydrogen-bond acceptors (Lipinski definition) is 2. The Balaban J connectivity index is 2.39. The molecule has 15 heavy (non-hydrogen) atoms. The van der Waals surface area contributed by atoms with Gasteiger partial charge in [0, 0.05) is 0 Å². The molecular formula is C12H27GeNS. The third-order valence-electron chi connectivity index (χ3n) is 3.18. The van der Waals surface area contributed by atoms with Crippen LogP contribution in [-0.2, 0) is 0 Å². The number of hydrogen-bond donors (Lipinski definition) is 1. The van der Waals surface area contributed by atoms with Crippen LogP contribution in [0.4, 0.5) is 0 Å². The minimum atomic E-state index is -1.62. The van der Waals surface area contributed by atoms with Gasteiger partial charge in [0.25, 0.3) is 0 Å². The van der Waals surface area contributed by atoms with Gasteiger partial charge in [0.15, 0.2) is 0 Å². The van der Waals surface area contributed by atoms with Crippen molar-refractivity contribution in [3.8, 4) is 0 Å². The van der Waals surface area contributed by atoms with Crippen LogP contribution in [0.3, 0.4) is 0 Å². The summed E-state index contributed by atoms with van der Waals surface area (Å²) in [7, 11) is 2.35. The van der Waals surface area contributed by atoms with Crippen LogP contribution in [0.2, 0.25) is 10.5 Å². The fourth-order valence-electron chi connectivity index (χ4n) is 2.07. The van der Waals surface area contributed by atoms with Gasteiger partial charge in [-0.1, -0.05) is 0 Å². The molecular weight excluding hydrogens is 263 g/mol. The molecule has 1 rings (SSSR count). The van der Waals surface area contributed by atoms with E-state index in [-0.39, 0.29) is 0 Å². The molecule has 0 atom stereocenters. The Morgan fingerprint density at radius 3 is 1.93 bits per heavy atom. The van der Waals surface area contributed by atoms with Crippen molar-refractivity contribution in [3.63, 3.8) is 0 Å². The molecule has 0 aliphatic carbocycles. The first-order valence-electron chi connectivity index (χ1n) is 6.43. The standard InChI is InChI=1S/C12H27GeNS/c1-11(2)5-7-13(8-6-12(3)4)14-9-10-15-13/h11-12,14H,5-10H2,1-4H3. The van der Waals surface area contributed by atoms with Crippen molar-refractivity contribution in [3.05, 3.63) is 0 Å². The van der Waals surface area contributed by atoms with E-state index in [1.807, 2.05) is 0 Å². The summed E-state index contributed by atoms with van der Waals surface area (Å²) in [6.07, 6.45) is 2.89. The summed E-state index contributed by atoms with van der Waals surface area (Å²) in [6.45, 7) is 10.7. The first kappa shape index (κ1) is 13.9. The molecule has 3 heteroatoms. The van der Waals surface area contributed by atoms with Crippen molar-refractivity contribution in [2.45, 2.75) is 51.0 Å². The molecule has 1 aliphatic rings. The van der Waals surface area contributed by atoms with Crippen molar-refractivity contribution in [1.29, 1.82) is 0 Å². The molecule has 0 aromatic heterocycles. The van der Waals surface area contributed by atoms with Crippen LogP contribution in [0.5, 0.6) is 0 Å². The minimum absolute atomic E-state index is 0.884. The van der Waals surface area contributed by atoms with Crippen molar-refractivity contribution < 1.29 is 0 Å². The predicted molar refractivity (Wildman–Crippen MR) is 74.7 cm³/mol. The van der Waals surface area contributed by atoms with E-state index < -0.39 is 12.3 Å². The molecule has 0 saturated carbocycles. The van der Waals surface area contributed by atoms with Crippen LogP contribution in [0.25, 0.3) is 0 Å². The maximum absolute atomic E-state index is 3.93. The van der Waals surface area contributed by atoms with Crippen LogP contribution in [0.15, 0.2) is 0 Å². The predicted octanol–water partition coefficient (Wildman–Crippen LogP) is 3.86. The number of nitrogens with one attached hydrogen (secondary N) is 1. The van der Waals surface area contributed by atoms with Crippen LogP contribution in [0, 0.1) is 11.8 Å². The first-order chi connectivity index (χ1) is 7.04. The van der Waals surface area contributed by atoms with Crippen LogP contribution in [-0.4, -0.2) is 24.6 Å². The molecule has 1 aliphatic heterocycles. The SMILES string of the molecule is CC(C)C[CH2][Ge]1([CH2]CC(C)C)[NH]CC[S]1. The quantitative estimate of drug-likeness (QED) is 0.745. The Labute approximate surface area is 102 Å². The normalized spacial score (nSPS) is 20.4. The molecule has 1 saturated heterocycles. The third kappa shape index (κ3) is 5.14. The molecule has 0 bridgehead atoms. The fraction of sp³-hybridized carbons (Fsp3) is 1.00. The molecule has 0 amide bonds. The Bertz CT molecular complexity index is 162. The van der Waals surface area contributed by atoms with Gasteiger partial charge in [-0.15, -0.1) is 0 Å². The Morgan fingerprint density at radius 2 is 1.60 bits per heavy atom. The van der Waals surface area contributed by atoms with Gasteiger partial charge >= 0.3 is 102 Å². The second kappa shape index (κ2) is 6.55. The van der Waals surface area contributed by atoms with Crippen LogP contribution >= 0.6 is 10.1 Å². The van der Waals surface area contributed by atoms with Gasteiger partial charge in [0.2, 0.25) is 0 Å². The number of rotatable bonds is 6. The van der Waals surface area contributed by atoms with Crippen molar-refractivity contribution >= 4 is 22.4 Å². The van der Waals surface area contributed by atoms with Crippen LogP contribution in [0.1, 0.15) is 40.5 Å². The first-order valence-corrected chi connectivity index (χ1v) is 14.0. The molecule has 1 fully saturated rings. The van der Waals surface area contributed by atoms with Gasteiger partial charge in [-0.3, -0.25) is 0 Å². The monoisotopic (exact) mass is 291 g/mol. The third-order valence-corrected chi connectivity index (χ3v) is 18.3. The van der Waals surface area contributed by atoms with Crippen LogP contribution < -0.4 is 4.27 Å². The summed E-state index contributed by atoms with van der Waals surface area (Å²) in [5, 5.41) is 3.07. The molecule has 0 unspecified atom stereocenters. The maximum atomic E-state index is 3.93. The Kier molecular flexibility index (Phi) is 6.08. The van der Waals surface area contributed by atoms with Gasteiger partial charge in [0.05, 0.1) is 0 Å². The second-order valence-corrected chi connectivity index (χ2v) is 19.2. The van der Waals surface area contributed by atoms with E-state index in [1.165, 1.54) is 35.6 Å². The van der Waals surface area contributed by atoms with E-state index in [0.717, 1.165) is 11.8 Å². The summed E-state index contributed by atoms with van der Waals surface area (Å²) < 4.78 is 3.93. The van der Waals surface area contributed by atoms with E-state index >= 15 is 0 Å². The summed E-state index contributed by atoms with van der Waals surface area (Å²) >= 11 is -1.62. The molecule has 90 valence electrons. The average Bonchev–Trinajstić information content (AvgIpc) is 2.61. The molecule has 0 aromatic rings. The molecule has 1 N–H and O–H groups in total. The molecule has 0 aromatic carbocycles. The van der Waals surface area contributed by atoms with Gasteiger partial charge < -0.3 is 0 Å². The van der Waals surface area contributed by atoms with Crippen molar-refractivity contribution in [1.82, 2.24) is 4.27 Å². The summed E-state index contributed by atoms with van der Waals surface area (Å²) in [5.41, 5.74) is 0. The molecule has 1 nitrogen and oxygen atoms in total. The Morgan fingerprint density at radius 1 is 1.07 bits per heavy atom. The molecule has 0 radical (unpaired) electrons. The van der Waals surface area contributed by atoms with E-state index in [9.17, 15) is 0 Å². The zero-order chi connectivity index (χ0) is 11.3. The van der Waals surface area contributed by atoms with E-state index in [4.69, 9.17) is 0 Å². The van der Waals surface area contributed by atoms with E-state index in [0.29, 0.717) is 0 Å². The topological polar surface area (TPSA) is 12.0 Å². The van der Waals surface area contributed by atoms with E-state index in [1.54, 1.807) is 0 Å². The Hall–Kier alpha value is 0.853.